The SMILES string of the molecule is CC[C@H](C(=O)NC1CCCCC1)N(Cc1ccc(F)cc1)C(=O)CN(c1ccc(OC)c(OC)c1)S(C)(=O)=O. The molecule has 1 atom stereocenters. The zero-order chi connectivity index (χ0) is 28.6. The summed E-state index contributed by atoms with van der Waals surface area (Å²) in [6.07, 6.45) is 6.30. The number of nitrogens with zero attached hydrogens (tertiary/aromatic N) is 2. The summed E-state index contributed by atoms with van der Waals surface area (Å²) in [7, 11) is -1.01. The fraction of sp³-hybridized carbons (Fsp3) is 0.500. The van der Waals surface area contributed by atoms with Gasteiger partial charge >= 0.3 is 0 Å². The highest BCUT2D eigenvalue weighted by Crippen LogP contribution is 2.32. The molecule has 0 bridgehead atoms. The standard InChI is InChI=1S/C28H38FN3O6S/c1-5-24(28(34)30-22-9-7-6-8-10-22)31(18-20-11-13-21(29)14-12-20)27(33)19-32(39(4,35)36)23-15-16-25(37-2)26(17-23)38-3/h11-17,22,24H,5-10,18-19H2,1-4H3,(H,30,34)/t24-/m1/s1. The summed E-state index contributed by atoms with van der Waals surface area (Å²) in [5.74, 6) is -0.556. The maximum Gasteiger partial charge on any atom is 0.244 e. The van der Waals surface area contributed by atoms with Crippen molar-refractivity contribution < 1.29 is 31.9 Å². The van der Waals surface area contributed by atoms with Crippen LogP contribution in [-0.4, -0.2) is 64.2 Å². The second-order valence-corrected chi connectivity index (χ2v) is 11.6. The van der Waals surface area contributed by atoms with Gasteiger partial charge in [0.1, 0.15) is 18.4 Å². The van der Waals surface area contributed by atoms with Crippen molar-refractivity contribution >= 4 is 27.5 Å². The van der Waals surface area contributed by atoms with Crippen molar-refractivity contribution in [3.8, 4) is 11.5 Å². The summed E-state index contributed by atoms with van der Waals surface area (Å²) >= 11 is 0. The molecule has 0 unspecified atom stereocenters. The van der Waals surface area contributed by atoms with E-state index >= 15 is 0 Å². The molecule has 0 aromatic heterocycles. The van der Waals surface area contributed by atoms with E-state index < -0.39 is 34.3 Å². The number of carbonyl (C=O) groups excluding carboxylic acids is 2. The van der Waals surface area contributed by atoms with Crippen LogP contribution in [0.15, 0.2) is 42.5 Å². The number of hydrogen-bond acceptors (Lipinski definition) is 6. The third kappa shape index (κ3) is 8.08. The van der Waals surface area contributed by atoms with Crippen molar-refractivity contribution in [1.82, 2.24) is 10.2 Å². The Morgan fingerprint density at radius 1 is 1.03 bits per heavy atom. The third-order valence-corrected chi connectivity index (χ3v) is 8.08. The van der Waals surface area contributed by atoms with Crippen LogP contribution in [0.5, 0.6) is 11.5 Å². The van der Waals surface area contributed by atoms with Crippen molar-refractivity contribution in [2.75, 3.05) is 31.3 Å². The van der Waals surface area contributed by atoms with Crippen LogP contribution in [0.4, 0.5) is 10.1 Å². The van der Waals surface area contributed by atoms with Gasteiger partial charge in [-0.2, -0.15) is 0 Å². The predicted octanol–water partition coefficient (Wildman–Crippen LogP) is 3.87. The molecule has 1 aliphatic rings. The van der Waals surface area contributed by atoms with Crippen LogP contribution in [0, 0.1) is 5.82 Å². The van der Waals surface area contributed by atoms with Crippen LogP contribution < -0.4 is 19.1 Å². The van der Waals surface area contributed by atoms with Crippen molar-refractivity contribution in [2.24, 2.45) is 0 Å². The molecule has 2 amide bonds. The maximum atomic E-state index is 13.8. The van der Waals surface area contributed by atoms with Crippen molar-refractivity contribution in [3.63, 3.8) is 0 Å². The van der Waals surface area contributed by atoms with E-state index in [1.54, 1.807) is 25.1 Å². The molecule has 1 aliphatic carbocycles. The minimum atomic E-state index is -3.91. The van der Waals surface area contributed by atoms with Gasteiger partial charge in [0.15, 0.2) is 11.5 Å². The van der Waals surface area contributed by atoms with Gasteiger partial charge in [-0.3, -0.25) is 13.9 Å². The summed E-state index contributed by atoms with van der Waals surface area (Å²) in [6, 6.07) is 9.42. The number of hydrogen-bond donors (Lipinski definition) is 1. The quantitative estimate of drug-likeness (QED) is 0.421. The van der Waals surface area contributed by atoms with Gasteiger partial charge in [-0.05, 0) is 49.1 Å². The molecule has 1 N–H and O–H groups in total. The van der Waals surface area contributed by atoms with Gasteiger partial charge in [-0.1, -0.05) is 38.3 Å². The van der Waals surface area contributed by atoms with Gasteiger partial charge in [-0.15, -0.1) is 0 Å². The summed E-state index contributed by atoms with van der Waals surface area (Å²) < 4.78 is 50.8. The molecule has 9 nitrogen and oxygen atoms in total. The molecule has 0 aliphatic heterocycles. The molecular formula is C28H38FN3O6S. The van der Waals surface area contributed by atoms with E-state index in [1.807, 2.05) is 0 Å². The molecule has 1 fully saturated rings. The zero-order valence-corrected chi connectivity index (χ0v) is 23.8. The van der Waals surface area contributed by atoms with Crippen LogP contribution >= 0.6 is 0 Å². The minimum absolute atomic E-state index is 0.0131. The Balaban J connectivity index is 1.94. The summed E-state index contributed by atoms with van der Waals surface area (Å²) in [5.41, 5.74) is 0.829. The lowest BCUT2D eigenvalue weighted by atomic mass is 9.95. The average Bonchev–Trinajstić information content (AvgIpc) is 2.92. The molecule has 11 heteroatoms. The molecule has 39 heavy (non-hydrogen) atoms. The van der Waals surface area contributed by atoms with E-state index in [1.165, 1.54) is 43.4 Å². The van der Waals surface area contributed by atoms with E-state index in [0.29, 0.717) is 23.5 Å². The first-order valence-electron chi connectivity index (χ1n) is 13.1. The Bertz CT molecular complexity index is 1230. The molecule has 2 aromatic rings. The van der Waals surface area contributed by atoms with Gasteiger partial charge in [0.25, 0.3) is 0 Å². The van der Waals surface area contributed by atoms with Gasteiger partial charge in [0.2, 0.25) is 21.8 Å². The molecule has 2 aromatic carbocycles. The maximum absolute atomic E-state index is 13.8. The smallest absolute Gasteiger partial charge is 0.244 e. The lowest BCUT2D eigenvalue weighted by Gasteiger charge is -2.34. The lowest BCUT2D eigenvalue weighted by molar-refractivity contribution is -0.140. The summed E-state index contributed by atoms with van der Waals surface area (Å²) in [5, 5.41) is 3.09. The molecule has 3 rings (SSSR count). The van der Waals surface area contributed by atoms with Gasteiger partial charge in [0.05, 0.1) is 26.2 Å². The number of amides is 2. The monoisotopic (exact) mass is 563 g/mol. The second-order valence-electron chi connectivity index (χ2n) is 9.72. The Hall–Kier alpha value is -3.34. The van der Waals surface area contributed by atoms with Crippen molar-refractivity contribution in [1.29, 1.82) is 0 Å². The fourth-order valence-corrected chi connectivity index (χ4v) is 5.69. The number of rotatable bonds is 12. The van der Waals surface area contributed by atoms with Gasteiger partial charge in [0, 0.05) is 18.7 Å². The number of nitrogens with one attached hydrogen (secondary N) is 1. The summed E-state index contributed by atoms with van der Waals surface area (Å²) in [6.45, 7) is 1.28. The van der Waals surface area contributed by atoms with E-state index in [2.05, 4.69) is 5.32 Å². The van der Waals surface area contributed by atoms with Crippen LogP contribution in [0.3, 0.4) is 0 Å². The first kappa shape index (κ1) is 30.2. The van der Waals surface area contributed by atoms with E-state index in [4.69, 9.17) is 9.47 Å². The van der Waals surface area contributed by atoms with Crippen LogP contribution in [0.25, 0.3) is 0 Å². The summed E-state index contributed by atoms with van der Waals surface area (Å²) in [4.78, 5) is 28.6. The number of ether oxygens (including phenoxy) is 2. The van der Waals surface area contributed by atoms with Crippen LogP contribution in [0.2, 0.25) is 0 Å². The number of sulfonamides is 1. The third-order valence-electron chi connectivity index (χ3n) is 6.94. The topological polar surface area (TPSA) is 105 Å². The normalized spacial score (nSPS) is 14.8. The average molecular weight is 564 g/mol. The lowest BCUT2D eigenvalue weighted by Crippen LogP contribution is -2.53. The Morgan fingerprint density at radius 3 is 2.23 bits per heavy atom. The van der Waals surface area contributed by atoms with Gasteiger partial charge in [-0.25, -0.2) is 12.8 Å². The second kappa shape index (κ2) is 13.6. The number of halogens is 1. The largest absolute Gasteiger partial charge is 0.493 e. The highest BCUT2D eigenvalue weighted by molar-refractivity contribution is 7.92. The number of anilines is 1. The van der Waals surface area contributed by atoms with Gasteiger partial charge < -0.3 is 19.7 Å². The highest BCUT2D eigenvalue weighted by Gasteiger charge is 2.33. The van der Waals surface area contributed by atoms with E-state index in [-0.39, 0.29) is 24.2 Å². The zero-order valence-electron chi connectivity index (χ0n) is 23.0. The Morgan fingerprint density at radius 2 is 1.67 bits per heavy atom. The van der Waals surface area contributed by atoms with E-state index in [9.17, 15) is 22.4 Å². The fourth-order valence-electron chi connectivity index (χ4n) is 4.84. The number of carbonyl (C=O) groups is 2. The van der Waals surface area contributed by atoms with Crippen molar-refractivity contribution in [3.05, 3.63) is 53.8 Å². The minimum Gasteiger partial charge on any atom is -0.493 e. The first-order chi connectivity index (χ1) is 18.6. The first-order valence-corrected chi connectivity index (χ1v) is 15.0. The predicted molar refractivity (Wildman–Crippen MR) is 148 cm³/mol. The Labute approximate surface area is 230 Å². The van der Waals surface area contributed by atoms with Crippen LogP contribution in [-0.2, 0) is 26.2 Å². The molecule has 0 radical (unpaired) electrons. The molecule has 1 saturated carbocycles. The van der Waals surface area contributed by atoms with Crippen LogP contribution in [0.1, 0.15) is 51.0 Å². The molecule has 0 saturated heterocycles. The molecule has 214 valence electrons. The van der Waals surface area contributed by atoms with Crippen molar-refractivity contribution in [2.45, 2.75) is 64.1 Å². The number of methoxy groups -OCH3 is 2. The molecule has 0 spiro atoms. The Kier molecular flexibility index (Phi) is 10.6. The molecule has 0 heterocycles. The number of benzene rings is 2. The highest BCUT2D eigenvalue weighted by atomic mass is 32.2. The molecular weight excluding hydrogens is 525 g/mol. The van der Waals surface area contributed by atoms with E-state index in [0.717, 1.165) is 42.7 Å².